The van der Waals surface area contributed by atoms with Crippen molar-refractivity contribution in [2.45, 2.75) is 12.8 Å². The molecule has 148 valence electrons. The van der Waals surface area contributed by atoms with Gasteiger partial charge in [0.1, 0.15) is 10.1 Å². The Bertz CT molecular complexity index is 768. The molecule has 12 heteroatoms. The second kappa shape index (κ2) is 8.27. The molecule has 0 unspecified atom stereocenters. The molecule has 0 aromatic heterocycles. The highest BCUT2D eigenvalue weighted by Crippen LogP contribution is 2.29. The van der Waals surface area contributed by atoms with E-state index < -0.39 is 63.1 Å². The van der Waals surface area contributed by atoms with Crippen LogP contribution in [0.3, 0.4) is 0 Å². The van der Waals surface area contributed by atoms with Crippen LogP contribution in [0.4, 0.5) is 22.0 Å². The van der Waals surface area contributed by atoms with Gasteiger partial charge in [-0.25, -0.2) is 21.6 Å². The molecule has 0 aliphatic rings. The van der Waals surface area contributed by atoms with Crippen LogP contribution in [0.15, 0.2) is 0 Å². The van der Waals surface area contributed by atoms with Crippen LogP contribution < -0.4 is 4.74 Å². The van der Waals surface area contributed by atoms with E-state index in [2.05, 4.69) is 4.74 Å². The van der Waals surface area contributed by atoms with Crippen molar-refractivity contribution in [3.05, 3.63) is 29.1 Å². The summed E-state index contributed by atoms with van der Waals surface area (Å²) in [6.45, 7) is 0.167. The maximum Gasteiger partial charge on any atom is 0.311 e. The van der Waals surface area contributed by atoms with Crippen molar-refractivity contribution in [1.82, 2.24) is 0 Å². The van der Waals surface area contributed by atoms with E-state index in [1.165, 1.54) is 0 Å². The Hall–Kier alpha value is -1.79. The van der Waals surface area contributed by atoms with Gasteiger partial charge < -0.3 is 13.8 Å². The third-order valence-corrected chi connectivity index (χ3v) is 4.16. The molecule has 0 saturated carbocycles. The third-order valence-electron chi connectivity index (χ3n) is 3.48. The molecule has 0 atom stereocenters. The summed E-state index contributed by atoms with van der Waals surface area (Å²) in [7, 11) is -1.24. The number of benzene rings is 1. The minimum atomic E-state index is -4.40. The lowest BCUT2D eigenvalue weighted by Gasteiger charge is -2.30. The number of quaternary nitrogens is 1. The molecule has 0 amide bonds. The lowest BCUT2D eigenvalue weighted by Crippen LogP contribution is -2.44. The summed E-state index contributed by atoms with van der Waals surface area (Å²) in [6.07, 6.45) is -0.370. The predicted octanol–water partition coefficient (Wildman–Crippen LogP) is 1.69. The molecule has 1 aromatic rings. The van der Waals surface area contributed by atoms with E-state index in [0.29, 0.717) is 0 Å². The summed E-state index contributed by atoms with van der Waals surface area (Å²) in [6, 6.07) is 0. The van der Waals surface area contributed by atoms with E-state index in [-0.39, 0.29) is 24.0 Å². The van der Waals surface area contributed by atoms with Gasteiger partial charge in [-0.3, -0.25) is 4.79 Å². The molecular weight excluding hydrogens is 389 g/mol. The second-order valence-corrected chi connectivity index (χ2v) is 7.65. The van der Waals surface area contributed by atoms with Crippen LogP contribution in [0, 0.1) is 29.1 Å². The van der Waals surface area contributed by atoms with Crippen molar-refractivity contribution < 1.29 is 48.9 Å². The van der Waals surface area contributed by atoms with Gasteiger partial charge in [0.2, 0.25) is 34.8 Å². The van der Waals surface area contributed by atoms with Crippen LogP contribution in [0.5, 0.6) is 5.75 Å². The van der Waals surface area contributed by atoms with Crippen LogP contribution in [0.2, 0.25) is 0 Å². The fourth-order valence-corrected chi connectivity index (χ4v) is 2.68. The molecule has 1 aromatic carbocycles. The maximum atomic E-state index is 13.4. The fraction of sp³-hybridized carbons (Fsp3) is 0.500. The fourth-order valence-electron chi connectivity index (χ4n) is 1.96. The van der Waals surface area contributed by atoms with E-state index in [0.717, 1.165) is 0 Å². The first-order chi connectivity index (χ1) is 11.7. The normalized spacial score (nSPS) is 12.3. The molecule has 0 spiro atoms. The lowest BCUT2D eigenvalue weighted by molar-refractivity contribution is -0.888. The first-order valence-corrected chi connectivity index (χ1v) is 8.80. The highest BCUT2D eigenvalue weighted by molar-refractivity contribution is 7.85. The summed E-state index contributed by atoms with van der Waals surface area (Å²) in [4.78, 5) is 11.6. The van der Waals surface area contributed by atoms with Crippen LogP contribution >= 0.6 is 0 Å². The molecule has 0 bridgehead atoms. The van der Waals surface area contributed by atoms with Crippen LogP contribution in [0.1, 0.15) is 12.8 Å². The van der Waals surface area contributed by atoms with E-state index >= 15 is 0 Å². The zero-order valence-electron chi connectivity index (χ0n) is 13.8. The van der Waals surface area contributed by atoms with Crippen molar-refractivity contribution in [1.29, 1.82) is 0 Å². The zero-order chi connectivity index (χ0) is 20.3. The number of carbonyl (C=O) groups is 1. The van der Waals surface area contributed by atoms with Gasteiger partial charge >= 0.3 is 5.97 Å². The van der Waals surface area contributed by atoms with Crippen LogP contribution in [0.25, 0.3) is 0 Å². The van der Waals surface area contributed by atoms with Crippen molar-refractivity contribution in [3.63, 3.8) is 0 Å². The van der Waals surface area contributed by atoms with Crippen LogP contribution in [-0.2, 0) is 14.9 Å². The molecule has 0 heterocycles. The molecule has 1 rings (SSSR count). The van der Waals surface area contributed by atoms with Gasteiger partial charge in [0, 0.05) is 6.42 Å². The largest absolute Gasteiger partial charge is 0.748 e. The molecular formula is C14H16F5NO5S. The monoisotopic (exact) mass is 405 g/mol. The molecule has 0 radical (unpaired) electrons. The minimum absolute atomic E-state index is 0.0292. The summed E-state index contributed by atoms with van der Waals surface area (Å²) >= 11 is 0. The molecule has 26 heavy (non-hydrogen) atoms. The summed E-state index contributed by atoms with van der Waals surface area (Å²) < 4.78 is 102. The summed E-state index contributed by atoms with van der Waals surface area (Å²) in [5.41, 5.74) is 0. The number of hydrogen-bond acceptors (Lipinski definition) is 5. The van der Waals surface area contributed by atoms with E-state index in [1.807, 2.05) is 0 Å². The number of halogens is 5. The molecule has 6 nitrogen and oxygen atoms in total. The second-order valence-electron chi connectivity index (χ2n) is 6.12. The minimum Gasteiger partial charge on any atom is -0.748 e. The Kier molecular flexibility index (Phi) is 7.08. The standard InChI is InChI=1S/C14H16F5NO5S/c1-20(2,6-7-26(22,23)24)5-3-4-8(21)25-14-12(18)10(16)9(15)11(17)13(14)19/h3-7H2,1-2H3. The Morgan fingerprint density at radius 1 is 0.962 bits per heavy atom. The Morgan fingerprint density at radius 2 is 1.42 bits per heavy atom. The summed E-state index contributed by atoms with van der Waals surface area (Å²) in [5.74, 6) is -14.9. The Balaban J connectivity index is 2.66. The molecule has 0 aliphatic heterocycles. The van der Waals surface area contributed by atoms with Gasteiger partial charge in [0.05, 0.1) is 39.4 Å². The quantitative estimate of drug-likeness (QED) is 0.125. The number of nitrogens with zero attached hydrogens (tertiary/aromatic N) is 1. The van der Waals surface area contributed by atoms with Gasteiger partial charge in [0.15, 0.2) is 0 Å². The molecule has 0 N–H and O–H groups in total. The third kappa shape index (κ3) is 6.18. The smallest absolute Gasteiger partial charge is 0.311 e. The average Bonchev–Trinajstić information content (AvgIpc) is 2.53. The predicted molar refractivity (Wildman–Crippen MR) is 77.5 cm³/mol. The number of rotatable bonds is 8. The highest BCUT2D eigenvalue weighted by atomic mass is 32.2. The molecule has 0 aliphatic carbocycles. The van der Waals surface area contributed by atoms with Gasteiger partial charge in [-0.1, -0.05) is 0 Å². The van der Waals surface area contributed by atoms with Crippen molar-refractivity contribution in [3.8, 4) is 5.75 Å². The lowest BCUT2D eigenvalue weighted by atomic mass is 10.2. The number of hydrogen-bond donors (Lipinski definition) is 0. The van der Waals surface area contributed by atoms with Crippen molar-refractivity contribution in [2.24, 2.45) is 0 Å². The van der Waals surface area contributed by atoms with Gasteiger partial charge in [-0.05, 0) is 0 Å². The van der Waals surface area contributed by atoms with Gasteiger partial charge in [-0.15, -0.1) is 0 Å². The van der Waals surface area contributed by atoms with E-state index in [9.17, 15) is 39.7 Å². The SMILES string of the molecule is C[N+](C)(CCCC(=O)Oc1c(F)c(F)c(F)c(F)c1F)CCS(=O)(=O)[O-]. The number of esters is 1. The van der Waals surface area contributed by atoms with Crippen LogP contribution in [-0.4, -0.2) is 56.4 Å². The summed E-state index contributed by atoms with van der Waals surface area (Å²) in [5, 5.41) is 0. The maximum absolute atomic E-state index is 13.4. The Morgan fingerprint density at radius 3 is 1.88 bits per heavy atom. The van der Waals surface area contributed by atoms with E-state index in [4.69, 9.17) is 0 Å². The highest BCUT2D eigenvalue weighted by Gasteiger charge is 2.28. The van der Waals surface area contributed by atoms with Crippen molar-refractivity contribution >= 4 is 16.1 Å². The Labute approximate surface area is 146 Å². The first kappa shape index (κ1) is 22.3. The number of carbonyl (C=O) groups excluding carboxylic acids is 1. The first-order valence-electron chi connectivity index (χ1n) is 7.23. The van der Waals surface area contributed by atoms with Gasteiger partial charge in [0.25, 0.3) is 0 Å². The number of ether oxygens (including phenoxy) is 1. The topological polar surface area (TPSA) is 83.5 Å². The van der Waals surface area contributed by atoms with Crippen molar-refractivity contribution in [2.75, 3.05) is 32.9 Å². The molecule has 0 fully saturated rings. The van der Waals surface area contributed by atoms with E-state index in [1.54, 1.807) is 14.1 Å². The zero-order valence-corrected chi connectivity index (χ0v) is 14.6. The van der Waals surface area contributed by atoms with Gasteiger partial charge in [-0.2, -0.15) is 8.78 Å². The average molecular weight is 405 g/mol. The molecule has 0 saturated heterocycles.